The van der Waals surface area contributed by atoms with Crippen molar-refractivity contribution in [1.82, 2.24) is 5.32 Å². The molecule has 0 unspecified atom stereocenters. The van der Waals surface area contributed by atoms with Gasteiger partial charge in [0.1, 0.15) is 0 Å². The predicted molar refractivity (Wildman–Crippen MR) is 81.7 cm³/mol. The van der Waals surface area contributed by atoms with E-state index in [0.29, 0.717) is 13.4 Å². The summed E-state index contributed by atoms with van der Waals surface area (Å²) < 4.78 is 17.0. The predicted octanol–water partition coefficient (Wildman–Crippen LogP) is 3.24. The number of fused-ring (bicyclic) bond motifs is 1. The lowest BCUT2D eigenvalue weighted by atomic mass is 9.77. The lowest BCUT2D eigenvalue weighted by Crippen LogP contribution is -2.42. The Hall–Kier alpha value is -1.26. The second-order valence-corrected chi connectivity index (χ2v) is 6.01. The summed E-state index contributed by atoms with van der Waals surface area (Å²) in [4.78, 5) is 0. The highest BCUT2D eigenvalue weighted by molar-refractivity contribution is 5.44. The van der Waals surface area contributed by atoms with Crippen LogP contribution in [0.25, 0.3) is 0 Å². The van der Waals surface area contributed by atoms with Crippen LogP contribution in [0.5, 0.6) is 11.5 Å². The minimum atomic E-state index is 0.0944. The van der Waals surface area contributed by atoms with E-state index in [1.807, 2.05) is 12.1 Å². The molecular weight excluding hydrogens is 266 g/mol. The van der Waals surface area contributed by atoms with Gasteiger partial charge >= 0.3 is 0 Å². The minimum Gasteiger partial charge on any atom is -0.454 e. The first-order valence-electron chi connectivity index (χ1n) is 8.04. The molecule has 116 valence electrons. The highest BCUT2D eigenvalue weighted by Gasteiger charge is 2.37. The number of hydrogen-bond donors (Lipinski definition) is 1. The van der Waals surface area contributed by atoms with Crippen molar-refractivity contribution in [3.63, 3.8) is 0 Å². The third-order valence-corrected chi connectivity index (χ3v) is 4.43. The maximum atomic E-state index is 6.26. The molecule has 1 aromatic rings. The second-order valence-electron chi connectivity index (χ2n) is 6.01. The van der Waals surface area contributed by atoms with Crippen LogP contribution >= 0.6 is 0 Å². The molecule has 0 radical (unpaired) electrons. The van der Waals surface area contributed by atoms with E-state index in [4.69, 9.17) is 14.2 Å². The normalized spacial score (nSPS) is 18.5. The molecule has 0 atom stereocenters. The largest absolute Gasteiger partial charge is 0.454 e. The van der Waals surface area contributed by atoms with Crippen LogP contribution in [-0.4, -0.2) is 25.5 Å². The number of nitrogens with one attached hydrogen (secondary N) is 1. The molecule has 0 spiro atoms. The van der Waals surface area contributed by atoms with Crippen LogP contribution in [0.1, 0.15) is 44.6 Å². The quantitative estimate of drug-likeness (QED) is 0.746. The summed E-state index contributed by atoms with van der Waals surface area (Å²) in [6.07, 6.45) is 5.95. The van der Waals surface area contributed by atoms with Crippen LogP contribution in [0.3, 0.4) is 0 Å². The summed E-state index contributed by atoms with van der Waals surface area (Å²) in [5, 5.41) is 3.47. The Kier molecular flexibility index (Phi) is 4.66. The zero-order chi connectivity index (χ0) is 14.5. The van der Waals surface area contributed by atoms with Crippen molar-refractivity contribution < 1.29 is 14.2 Å². The van der Waals surface area contributed by atoms with Crippen molar-refractivity contribution in [1.29, 1.82) is 0 Å². The third kappa shape index (κ3) is 3.50. The smallest absolute Gasteiger partial charge is 0.231 e. The third-order valence-electron chi connectivity index (χ3n) is 4.43. The van der Waals surface area contributed by atoms with E-state index in [1.165, 1.54) is 25.7 Å². The van der Waals surface area contributed by atoms with E-state index < -0.39 is 0 Å². The highest BCUT2D eigenvalue weighted by Crippen LogP contribution is 2.40. The van der Waals surface area contributed by atoms with Crippen LogP contribution in [0, 0.1) is 0 Å². The van der Waals surface area contributed by atoms with E-state index in [1.54, 1.807) is 0 Å². The topological polar surface area (TPSA) is 39.7 Å². The Bertz CT molecular complexity index is 471. The summed E-state index contributed by atoms with van der Waals surface area (Å²) in [7, 11) is 0. The summed E-state index contributed by atoms with van der Waals surface area (Å²) in [6, 6.07) is 6.07. The van der Waals surface area contributed by atoms with Gasteiger partial charge in [-0.15, -0.1) is 0 Å². The molecule has 4 heteroatoms. The standard InChI is InChI=1S/C17H25NO3/c1-2-9-18-10-8-17(6-3-7-17)21-12-14-4-5-15-16(11-14)20-13-19-15/h4-5,11,18H,2-3,6-10,12-13H2,1H3. The zero-order valence-electron chi connectivity index (χ0n) is 12.8. The van der Waals surface area contributed by atoms with Gasteiger partial charge in [0.25, 0.3) is 0 Å². The fourth-order valence-electron chi connectivity index (χ4n) is 2.92. The lowest BCUT2D eigenvalue weighted by molar-refractivity contribution is -0.113. The maximum Gasteiger partial charge on any atom is 0.231 e. The average molecular weight is 291 g/mol. The van der Waals surface area contributed by atoms with Crippen molar-refractivity contribution in [3.05, 3.63) is 23.8 Å². The molecule has 1 aromatic carbocycles. The van der Waals surface area contributed by atoms with E-state index >= 15 is 0 Å². The molecule has 1 aliphatic heterocycles. The molecule has 1 fully saturated rings. The first-order chi connectivity index (χ1) is 10.3. The Labute approximate surface area is 126 Å². The molecule has 0 bridgehead atoms. The number of benzene rings is 1. The van der Waals surface area contributed by atoms with Crippen LogP contribution in [0.15, 0.2) is 18.2 Å². The molecule has 0 saturated heterocycles. The Morgan fingerprint density at radius 3 is 2.81 bits per heavy atom. The number of ether oxygens (including phenoxy) is 3. The fraction of sp³-hybridized carbons (Fsp3) is 0.647. The molecule has 0 amide bonds. The van der Waals surface area contributed by atoms with E-state index in [2.05, 4.69) is 18.3 Å². The van der Waals surface area contributed by atoms with E-state index in [9.17, 15) is 0 Å². The Balaban J connectivity index is 1.50. The van der Waals surface area contributed by atoms with E-state index in [0.717, 1.165) is 36.6 Å². The van der Waals surface area contributed by atoms with Gasteiger partial charge < -0.3 is 19.5 Å². The Morgan fingerprint density at radius 2 is 2.05 bits per heavy atom. The van der Waals surface area contributed by atoms with Gasteiger partial charge in [0.15, 0.2) is 11.5 Å². The first-order valence-corrected chi connectivity index (χ1v) is 8.04. The average Bonchev–Trinajstić information content (AvgIpc) is 2.92. The van der Waals surface area contributed by atoms with Crippen LogP contribution < -0.4 is 14.8 Å². The monoisotopic (exact) mass is 291 g/mol. The van der Waals surface area contributed by atoms with Gasteiger partial charge in [-0.2, -0.15) is 0 Å². The number of hydrogen-bond acceptors (Lipinski definition) is 4. The molecular formula is C17H25NO3. The summed E-state index contributed by atoms with van der Waals surface area (Å²) in [5.41, 5.74) is 1.25. The summed E-state index contributed by atoms with van der Waals surface area (Å²) >= 11 is 0. The molecule has 1 heterocycles. The molecule has 4 nitrogen and oxygen atoms in total. The van der Waals surface area contributed by atoms with Crippen LogP contribution in [0.4, 0.5) is 0 Å². The van der Waals surface area contributed by atoms with Crippen molar-refractivity contribution in [2.75, 3.05) is 19.9 Å². The van der Waals surface area contributed by atoms with Gasteiger partial charge in [-0.25, -0.2) is 0 Å². The van der Waals surface area contributed by atoms with Crippen LogP contribution in [-0.2, 0) is 11.3 Å². The van der Waals surface area contributed by atoms with Crippen molar-refractivity contribution in [3.8, 4) is 11.5 Å². The van der Waals surface area contributed by atoms with Gasteiger partial charge in [0, 0.05) is 0 Å². The van der Waals surface area contributed by atoms with E-state index in [-0.39, 0.29) is 5.60 Å². The van der Waals surface area contributed by atoms with Gasteiger partial charge in [-0.1, -0.05) is 13.0 Å². The minimum absolute atomic E-state index is 0.0944. The summed E-state index contributed by atoms with van der Waals surface area (Å²) in [6.45, 7) is 5.33. The molecule has 2 aliphatic rings. The number of rotatable bonds is 8. The SMILES string of the molecule is CCCNCCC1(OCc2ccc3c(c2)OCO3)CCC1. The van der Waals surface area contributed by atoms with Gasteiger partial charge in [-0.3, -0.25) is 0 Å². The van der Waals surface area contributed by atoms with Gasteiger partial charge in [0.05, 0.1) is 12.2 Å². The highest BCUT2D eigenvalue weighted by atomic mass is 16.7. The summed E-state index contributed by atoms with van der Waals surface area (Å²) in [5.74, 6) is 1.67. The van der Waals surface area contributed by atoms with Crippen molar-refractivity contribution >= 4 is 0 Å². The molecule has 21 heavy (non-hydrogen) atoms. The molecule has 3 rings (SSSR count). The van der Waals surface area contributed by atoms with Crippen molar-refractivity contribution in [2.24, 2.45) is 0 Å². The molecule has 1 saturated carbocycles. The maximum absolute atomic E-state index is 6.26. The lowest BCUT2D eigenvalue weighted by Gasteiger charge is -2.42. The van der Waals surface area contributed by atoms with Gasteiger partial charge in [-0.05, 0) is 62.9 Å². The first kappa shape index (κ1) is 14.7. The second kappa shape index (κ2) is 6.67. The molecule has 1 N–H and O–H groups in total. The fourth-order valence-corrected chi connectivity index (χ4v) is 2.92. The van der Waals surface area contributed by atoms with Crippen molar-refractivity contribution in [2.45, 2.75) is 51.2 Å². The zero-order valence-corrected chi connectivity index (χ0v) is 12.8. The molecule has 1 aliphatic carbocycles. The molecule has 0 aromatic heterocycles. The Morgan fingerprint density at radius 1 is 1.19 bits per heavy atom. The van der Waals surface area contributed by atoms with Crippen LogP contribution in [0.2, 0.25) is 0 Å². The van der Waals surface area contributed by atoms with Gasteiger partial charge in [0.2, 0.25) is 6.79 Å².